The minimum Gasteiger partial charge on any atom is -0.479 e. The third-order valence-corrected chi connectivity index (χ3v) is 2.76. The average Bonchev–Trinajstić information content (AvgIpc) is 2.29. The zero-order valence-electron chi connectivity index (χ0n) is 8.74. The second-order valence-corrected chi connectivity index (χ2v) is 3.98. The molecule has 1 heterocycles. The number of benzene rings is 1. The molecular formula is C11H12ClNO3. The van der Waals surface area contributed by atoms with Gasteiger partial charge < -0.3 is 15.2 Å². The van der Waals surface area contributed by atoms with Crippen molar-refractivity contribution in [3.05, 3.63) is 23.8 Å². The first kappa shape index (κ1) is 11.2. The summed E-state index contributed by atoms with van der Waals surface area (Å²) >= 11 is 5.55. The standard InChI is InChI=1S/C11H12ClNO3/c1-6-11(15)13-8-4-7(9(14)5-12)2-3-10(8)16-6/h2-4,6,9,14H,5H2,1H3,(H,13,15). The topological polar surface area (TPSA) is 58.6 Å². The van der Waals surface area contributed by atoms with Gasteiger partial charge in [-0.25, -0.2) is 0 Å². The number of aliphatic hydroxyl groups is 1. The van der Waals surface area contributed by atoms with Crippen LogP contribution in [0.2, 0.25) is 0 Å². The first-order valence-corrected chi connectivity index (χ1v) is 5.50. The van der Waals surface area contributed by atoms with Crippen molar-refractivity contribution in [2.24, 2.45) is 0 Å². The van der Waals surface area contributed by atoms with Gasteiger partial charge in [0.05, 0.1) is 17.7 Å². The monoisotopic (exact) mass is 241 g/mol. The van der Waals surface area contributed by atoms with Gasteiger partial charge in [-0.2, -0.15) is 0 Å². The quantitative estimate of drug-likeness (QED) is 0.775. The highest BCUT2D eigenvalue weighted by molar-refractivity contribution is 6.18. The van der Waals surface area contributed by atoms with Crippen molar-refractivity contribution in [1.82, 2.24) is 0 Å². The molecule has 1 aromatic rings. The summed E-state index contributed by atoms with van der Waals surface area (Å²) in [5.74, 6) is 0.534. The van der Waals surface area contributed by atoms with Crippen LogP contribution < -0.4 is 10.1 Å². The Morgan fingerprint density at radius 3 is 3.06 bits per heavy atom. The van der Waals surface area contributed by atoms with Gasteiger partial charge in [-0.05, 0) is 24.6 Å². The number of hydrogen-bond acceptors (Lipinski definition) is 3. The maximum Gasteiger partial charge on any atom is 0.265 e. The summed E-state index contributed by atoms with van der Waals surface area (Å²) in [7, 11) is 0. The third kappa shape index (κ3) is 1.99. The summed E-state index contributed by atoms with van der Waals surface area (Å²) in [6.45, 7) is 1.68. The summed E-state index contributed by atoms with van der Waals surface area (Å²) in [6, 6.07) is 5.12. The van der Waals surface area contributed by atoms with E-state index in [0.717, 1.165) is 0 Å². The molecule has 2 rings (SSSR count). The minimum atomic E-state index is -0.733. The Labute approximate surface area is 98.2 Å². The maximum absolute atomic E-state index is 11.4. The molecule has 1 aliphatic heterocycles. The number of rotatable bonds is 2. The van der Waals surface area contributed by atoms with Gasteiger partial charge in [0, 0.05) is 0 Å². The number of fused-ring (bicyclic) bond motifs is 1. The number of aliphatic hydroxyl groups excluding tert-OH is 1. The Kier molecular flexibility index (Phi) is 3.03. The molecule has 1 amide bonds. The van der Waals surface area contributed by atoms with Crippen LogP contribution in [-0.4, -0.2) is 23.0 Å². The van der Waals surface area contributed by atoms with Crippen LogP contribution in [0.3, 0.4) is 0 Å². The average molecular weight is 242 g/mol. The number of halogens is 1. The number of anilines is 1. The van der Waals surface area contributed by atoms with E-state index in [1.165, 1.54) is 0 Å². The second-order valence-electron chi connectivity index (χ2n) is 3.68. The first-order valence-electron chi connectivity index (χ1n) is 4.97. The molecule has 5 heteroatoms. The highest BCUT2D eigenvalue weighted by Gasteiger charge is 2.24. The smallest absolute Gasteiger partial charge is 0.265 e. The van der Waals surface area contributed by atoms with Crippen LogP contribution >= 0.6 is 11.6 Å². The van der Waals surface area contributed by atoms with Crippen molar-refractivity contribution in [3.63, 3.8) is 0 Å². The fourth-order valence-corrected chi connectivity index (χ4v) is 1.70. The zero-order chi connectivity index (χ0) is 11.7. The van der Waals surface area contributed by atoms with E-state index in [4.69, 9.17) is 16.3 Å². The molecule has 86 valence electrons. The van der Waals surface area contributed by atoms with Crippen molar-refractivity contribution >= 4 is 23.2 Å². The van der Waals surface area contributed by atoms with E-state index in [9.17, 15) is 9.90 Å². The Morgan fingerprint density at radius 1 is 1.62 bits per heavy atom. The van der Waals surface area contributed by atoms with Crippen molar-refractivity contribution < 1.29 is 14.6 Å². The molecule has 0 saturated carbocycles. The van der Waals surface area contributed by atoms with Gasteiger partial charge >= 0.3 is 0 Å². The molecule has 0 aliphatic carbocycles. The Hall–Kier alpha value is -1.26. The molecular weight excluding hydrogens is 230 g/mol. The molecule has 0 spiro atoms. The minimum absolute atomic E-state index is 0.115. The molecule has 0 bridgehead atoms. The molecule has 2 N–H and O–H groups in total. The predicted octanol–water partition coefficient (Wildman–Crippen LogP) is 1.68. The highest BCUT2D eigenvalue weighted by atomic mass is 35.5. The summed E-state index contributed by atoms with van der Waals surface area (Å²) < 4.78 is 5.39. The molecule has 0 fully saturated rings. The molecule has 16 heavy (non-hydrogen) atoms. The number of hydrogen-bond donors (Lipinski definition) is 2. The van der Waals surface area contributed by atoms with E-state index >= 15 is 0 Å². The second kappa shape index (κ2) is 4.31. The van der Waals surface area contributed by atoms with Crippen molar-refractivity contribution in [2.45, 2.75) is 19.1 Å². The van der Waals surface area contributed by atoms with Gasteiger partial charge in [-0.15, -0.1) is 11.6 Å². The molecule has 0 aromatic heterocycles. The Balaban J connectivity index is 2.32. The number of ether oxygens (including phenoxy) is 1. The summed E-state index contributed by atoms with van der Waals surface area (Å²) in [6.07, 6.45) is -1.22. The van der Waals surface area contributed by atoms with Crippen molar-refractivity contribution in [2.75, 3.05) is 11.2 Å². The number of amides is 1. The zero-order valence-corrected chi connectivity index (χ0v) is 9.49. The highest BCUT2D eigenvalue weighted by Crippen LogP contribution is 2.32. The van der Waals surface area contributed by atoms with Crippen LogP contribution in [-0.2, 0) is 4.79 Å². The van der Waals surface area contributed by atoms with Gasteiger partial charge in [0.2, 0.25) is 0 Å². The van der Waals surface area contributed by atoms with Gasteiger partial charge in [-0.3, -0.25) is 4.79 Å². The maximum atomic E-state index is 11.4. The molecule has 0 radical (unpaired) electrons. The fraction of sp³-hybridized carbons (Fsp3) is 0.364. The SMILES string of the molecule is CC1Oc2ccc(C(O)CCl)cc2NC1=O. The number of nitrogens with one attached hydrogen (secondary N) is 1. The lowest BCUT2D eigenvalue weighted by molar-refractivity contribution is -0.122. The first-order chi connectivity index (χ1) is 7.61. The Morgan fingerprint density at radius 2 is 2.38 bits per heavy atom. The molecule has 0 saturated heterocycles. The normalized spacial score (nSPS) is 20.7. The van der Waals surface area contributed by atoms with Gasteiger partial charge in [0.1, 0.15) is 5.75 Å². The van der Waals surface area contributed by atoms with E-state index < -0.39 is 12.2 Å². The number of carbonyl (C=O) groups is 1. The van der Waals surface area contributed by atoms with Crippen LogP contribution in [0.4, 0.5) is 5.69 Å². The van der Waals surface area contributed by atoms with Crippen molar-refractivity contribution in [1.29, 1.82) is 0 Å². The van der Waals surface area contributed by atoms with Crippen LogP contribution in [0.25, 0.3) is 0 Å². The summed E-state index contributed by atoms with van der Waals surface area (Å²) in [5, 5.41) is 12.3. The predicted molar refractivity (Wildman–Crippen MR) is 60.8 cm³/mol. The molecule has 2 atom stereocenters. The molecule has 1 aromatic carbocycles. The van der Waals surface area contributed by atoms with Gasteiger partial charge in [0.25, 0.3) is 5.91 Å². The van der Waals surface area contributed by atoms with Crippen LogP contribution in [0.1, 0.15) is 18.6 Å². The van der Waals surface area contributed by atoms with Crippen LogP contribution in [0.5, 0.6) is 5.75 Å². The number of alkyl halides is 1. The Bertz CT molecular complexity index is 422. The third-order valence-electron chi connectivity index (χ3n) is 2.47. The molecule has 1 aliphatic rings. The van der Waals surface area contributed by atoms with Gasteiger partial charge in [0.15, 0.2) is 6.10 Å². The van der Waals surface area contributed by atoms with Crippen molar-refractivity contribution in [3.8, 4) is 5.75 Å². The van der Waals surface area contributed by atoms with E-state index in [1.807, 2.05) is 0 Å². The summed E-state index contributed by atoms with van der Waals surface area (Å²) in [4.78, 5) is 11.4. The molecule has 2 unspecified atom stereocenters. The van der Waals surface area contributed by atoms with E-state index in [1.54, 1.807) is 25.1 Å². The number of carbonyl (C=O) groups excluding carboxylic acids is 1. The fourth-order valence-electron chi connectivity index (χ4n) is 1.52. The lowest BCUT2D eigenvalue weighted by Crippen LogP contribution is -2.34. The van der Waals surface area contributed by atoms with E-state index in [2.05, 4.69) is 5.32 Å². The summed E-state index contributed by atoms with van der Waals surface area (Å²) in [5.41, 5.74) is 1.23. The molecule has 4 nitrogen and oxygen atoms in total. The lowest BCUT2D eigenvalue weighted by atomic mass is 10.1. The van der Waals surface area contributed by atoms with E-state index in [-0.39, 0.29) is 11.8 Å². The largest absolute Gasteiger partial charge is 0.479 e. The van der Waals surface area contributed by atoms with E-state index in [0.29, 0.717) is 17.0 Å². The van der Waals surface area contributed by atoms with Gasteiger partial charge in [-0.1, -0.05) is 6.07 Å². The van der Waals surface area contributed by atoms with Crippen LogP contribution in [0, 0.1) is 0 Å². The lowest BCUT2D eigenvalue weighted by Gasteiger charge is -2.24. The van der Waals surface area contributed by atoms with Crippen LogP contribution in [0.15, 0.2) is 18.2 Å².